The predicted molar refractivity (Wildman–Crippen MR) is 64.9 cm³/mol. The summed E-state index contributed by atoms with van der Waals surface area (Å²) in [7, 11) is 0. The van der Waals surface area contributed by atoms with Crippen LogP contribution in [0.15, 0.2) is 29.4 Å². The lowest BCUT2D eigenvalue weighted by atomic mass is 10.2. The molecule has 0 spiro atoms. The van der Waals surface area contributed by atoms with Gasteiger partial charge in [-0.1, -0.05) is 13.3 Å². The molecular formula is C11H18N4O. The van der Waals surface area contributed by atoms with E-state index in [-0.39, 0.29) is 0 Å². The number of benzene rings is 1. The van der Waals surface area contributed by atoms with Gasteiger partial charge in [-0.05, 0) is 30.7 Å². The second-order valence-corrected chi connectivity index (χ2v) is 3.35. The van der Waals surface area contributed by atoms with Gasteiger partial charge in [0.1, 0.15) is 5.75 Å². The molecule has 88 valence electrons. The molecule has 0 aliphatic heterocycles. The standard InChI is InChI=1S/C11H18N4O/c1-2-3-8-16-10-6-4-9(5-7-10)11(14-12)15-13/h4-7H,2-3,8,12-13H2,1H3,(H,14,15). The maximum absolute atomic E-state index is 5.53. The normalized spacial score (nSPS) is 11.2. The molecule has 5 N–H and O–H groups in total. The van der Waals surface area contributed by atoms with Crippen molar-refractivity contribution in [2.45, 2.75) is 19.8 Å². The number of hydrazine groups is 1. The summed E-state index contributed by atoms with van der Waals surface area (Å²) < 4.78 is 5.53. The SMILES string of the molecule is CCCCOc1ccc(/C(=N/N)NN)cc1. The van der Waals surface area contributed by atoms with Gasteiger partial charge in [-0.25, -0.2) is 5.84 Å². The van der Waals surface area contributed by atoms with E-state index in [1.54, 1.807) is 0 Å². The molecule has 0 saturated carbocycles. The summed E-state index contributed by atoms with van der Waals surface area (Å²) in [6, 6.07) is 7.45. The summed E-state index contributed by atoms with van der Waals surface area (Å²) in [5, 5.41) is 3.52. The Kier molecular flexibility index (Phi) is 5.15. The Balaban J connectivity index is 2.60. The van der Waals surface area contributed by atoms with Crippen molar-refractivity contribution in [3.8, 4) is 5.75 Å². The van der Waals surface area contributed by atoms with E-state index in [4.69, 9.17) is 16.4 Å². The molecule has 1 rings (SSSR count). The van der Waals surface area contributed by atoms with Crippen molar-refractivity contribution >= 4 is 5.84 Å². The highest BCUT2D eigenvalue weighted by Gasteiger charge is 2.01. The molecule has 0 fully saturated rings. The van der Waals surface area contributed by atoms with Crippen LogP contribution in [0.2, 0.25) is 0 Å². The van der Waals surface area contributed by atoms with E-state index in [0.29, 0.717) is 5.84 Å². The summed E-state index contributed by atoms with van der Waals surface area (Å²) in [6.07, 6.45) is 2.18. The third-order valence-electron chi connectivity index (χ3n) is 2.16. The Morgan fingerprint density at radius 1 is 1.38 bits per heavy atom. The van der Waals surface area contributed by atoms with E-state index in [2.05, 4.69) is 17.5 Å². The van der Waals surface area contributed by atoms with Crippen LogP contribution in [0.25, 0.3) is 0 Å². The fourth-order valence-corrected chi connectivity index (χ4v) is 1.24. The zero-order valence-corrected chi connectivity index (χ0v) is 9.44. The first-order chi connectivity index (χ1) is 7.81. The first kappa shape index (κ1) is 12.3. The lowest BCUT2D eigenvalue weighted by Gasteiger charge is -2.07. The molecule has 1 aromatic rings. The van der Waals surface area contributed by atoms with Gasteiger partial charge in [0, 0.05) is 5.56 Å². The second kappa shape index (κ2) is 6.68. The van der Waals surface area contributed by atoms with Gasteiger partial charge in [0.05, 0.1) is 6.61 Å². The summed E-state index contributed by atoms with van der Waals surface area (Å²) in [5.41, 5.74) is 3.25. The van der Waals surface area contributed by atoms with Crippen LogP contribution in [0.1, 0.15) is 25.3 Å². The molecule has 0 amide bonds. The number of hydrazone groups is 1. The minimum atomic E-state index is 0.445. The molecular weight excluding hydrogens is 204 g/mol. The number of nitrogens with one attached hydrogen (secondary N) is 1. The zero-order chi connectivity index (χ0) is 11.8. The zero-order valence-electron chi connectivity index (χ0n) is 9.44. The van der Waals surface area contributed by atoms with Crippen molar-refractivity contribution in [3.05, 3.63) is 29.8 Å². The van der Waals surface area contributed by atoms with E-state index < -0.39 is 0 Å². The number of hydrogen-bond donors (Lipinski definition) is 3. The van der Waals surface area contributed by atoms with E-state index >= 15 is 0 Å². The fourth-order valence-electron chi connectivity index (χ4n) is 1.24. The highest BCUT2D eigenvalue weighted by Crippen LogP contribution is 2.12. The lowest BCUT2D eigenvalue weighted by molar-refractivity contribution is 0.309. The van der Waals surface area contributed by atoms with E-state index in [1.165, 1.54) is 0 Å². The lowest BCUT2D eigenvalue weighted by Crippen LogP contribution is -2.31. The molecule has 0 heterocycles. The Labute approximate surface area is 95.4 Å². The Morgan fingerprint density at radius 3 is 2.56 bits per heavy atom. The number of ether oxygens (including phenoxy) is 1. The smallest absolute Gasteiger partial charge is 0.166 e. The molecule has 0 radical (unpaired) electrons. The Morgan fingerprint density at radius 2 is 2.06 bits per heavy atom. The first-order valence-electron chi connectivity index (χ1n) is 5.29. The van der Waals surface area contributed by atoms with Gasteiger partial charge in [-0.15, -0.1) is 0 Å². The second-order valence-electron chi connectivity index (χ2n) is 3.35. The van der Waals surface area contributed by atoms with Gasteiger partial charge in [0.25, 0.3) is 0 Å². The van der Waals surface area contributed by atoms with E-state index in [0.717, 1.165) is 30.8 Å². The van der Waals surface area contributed by atoms with Crippen LogP contribution in [0.3, 0.4) is 0 Å². The van der Waals surface area contributed by atoms with Gasteiger partial charge in [0.15, 0.2) is 5.84 Å². The minimum Gasteiger partial charge on any atom is -0.494 e. The van der Waals surface area contributed by atoms with Gasteiger partial charge in [-0.2, -0.15) is 5.10 Å². The number of hydrogen-bond acceptors (Lipinski definition) is 4. The van der Waals surface area contributed by atoms with Crippen LogP contribution in [0, 0.1) is 0 Å². The average molecular weight is 222 g/mol. The van der Waals surface area contributed by atoms with Crippen molar-refractivity contribution < 1.29 is 4.74 Å². The predicted octanol–water partition coefficient (Wildman–Crippen LogP) is 0.949. The molecule has 0 saturated heterocycles. The van der Waals surface area contributed by atoms with Crippen molar-refractivity contribution in [2.75, 3.05) is 6.61 Å². The molecule has 0 atom stereocenters. The Hall–Kier alpha value is -1.75. The largest absolute Gasteiger partial charge is 0.494 e. The van der Waals surface area contributed by atoms with E-state index in [9.17, 15) is 0 Å². The van der Waals surface area contributed by atoms with Crippen molar-refractivity contribution in [3.63, 3.8) is 0 Å². The van der Waals surface area contributed by atoms with Gasteiger partial charge < -0.3 is 16.0 Å². The van der Waals surface area contributed by atoms with Crippen LogP contribution < -0.4 is 21.8 Å². The quantitative estimate of drug-likeness (QED) is 0.228. The molecule has 0 aliphatic rings. The van der Waals surface area contributed by atoms with Crippen LogP contribution in [0.5, 0.6) is 5.75 Å². The summed E-state index contributed by atoms with van der Waals surface area (Å²) in [6.45, 7) is 2.87. The molecule has 0 aliphatic carbocycles. The van der Waals surface area contributed by atoms with Crippen LogP contribution >= 0.6 is 0 Å². The fraction of sp³-hybridized carbons (Fsp3) is 0.364. The summed E-state index contributed by atoms with van der Waals surface area (Å²) in [4.78, 5) is 0. The van der Waals surface area contributed by atoms with Crippen LogP contribution in [0.4, 0.5) is 0 Å². The molecule has 5 heteroatoms. The first-order valence-corrected chi connectivity index (χ1v) is 5.29. The summed E-state index contributed by atoms with van der Waals surface area (Å²) in [5.74, 6) is 11.7. The topological polar surface area (TPSA) is 85.7 Å². The monoisotopic (exact) mass is 222 g/mol. The molecule has 16 heavy (non-hydrogen) atoms. The maximum atomic E-state index is 5.53. The van der Waals surface area contributed by atoms with Gasteiger partial charge in [-0.3, -0.25) is 0 Å². The number of unbranched alkanes of at least 4 members (excludes halogenated alkanes) is 1. The number of nitrogens with two attached hydrogens (primary N) is 2. The van der Waals surface area contributed by atoms with Crippen LogP contribution in [-0.2, 0) is 0 Å². The minimum absolute atomic E-state index is 0.445. The molecule has 5 nitrogen and oxygen atoms in total. The van der Waals surface area contributed by atoms with E-state index in [1.807, 2.05) is 24.3 Å². The van der Waals surface area contributed by atoms with Crippen molar-refractivity contribution in [2.24, 2.45) is 16.8 Å². The van der Waals surface area contributed by atoms with Gasteiger partial charge >= 0.3 is 0 Å². The number of amidine groups is 1. The highest BCUT2D eigenvalue weighted by atomic mass is 16.5. The molecule has 0 aromatic heterocycles. The van der Waals surface area contributed by atoms with Crippen molar-refractivity contribution in [1.29, 1.82) is 0 Å². The highest BCUT2D eigenvalue weighted by molar-refractivity contribution is 5.98. The third-order valence-corrected chi connectivity index (χ3v) is 2.16. The summed E-state index contributed by atoms with van der Waals surface area (Å²) >= 11 is 0. The molecule has 1 aromatic carbocycles. The van der Waals surface area contributed by atoms with Gasteiger partial charge in [0.2, 0.25) is 0 Å². The Bertz CT molecular complexity index is 334. The van der Waals surface area contributed by atoms with Crippen LogP contribution in [-0.4, -0.2) is 12.4 Å². The molecule has 0 unspecified atom stereocenters. The number of nitrogens with zero attached hydrogens (tertiary/aromatic N) is 1. The maximum Gasteiger partial charge on any atom is 0.166 e. The average Bonchev–Trinajstić information content (AvgIpc) is 2.33. The third kappa shape index (κ3) is 3.43. The van der Waals surface area contributed by atoms with Crippen molar-refractivity contribution in [1.82, 2.24) is 5.43 Å². The number of rotatable bonds is 5. The molecule has 0 bridgehead atoms.